The second-order valence-electron chi connectivity index (χ2n) is 4.36. The zero-order chi connectivity index (χ0) is 12.9. The molecule has 7 heteroatoms. The number of carboxylic acid groups (broad SMARTS) is 1. The lowest BCUT2D eigenvalue weighted by molar-refractivity contribution is -0.143. The van der Waals surface area contributed by atoms with Crippen LogP contribution in [0.1, 0.15) is 32.1 Å². The third-order valence-electron chi connectivity index (χ3n) is 2.98. The van der Waals surface area contributed by atoms with E-state index < -0.39 is 21.5 Å². The van der Waals surface area contributed by atoms with Crippen molar-refractivity contribution in [2.75, 3.05) is 19.5 Å². The number of hydrogen-bond donors (Lipinski definition) is 2. The first-order valence-electron chi connectivity index (χ1n) is 5.66. The van der Waals surface area contributed by atoms with Crippen molar-refractivity contribution in [2.24, 2.45) is 0 Å². The molecular formula is C10H19NO5S. The van der Waals surface area contributed by atoms with Crippen LogP contribution >= 0.6 is 0 Å². The number of carboxylic acids is 1. The Kier molecular flexibility index (Phi) is 4.91. The van der Waals surface area contributed by atoms with Gasteiger partial charge in [-0.1, -0.05) is 12.8 Å². The Morgan fingerprint density at radius 1 is 1.41 bits per heavy atom. The molecule has 0 spiro atoms. The van der Waals surface area contributed by atoms with Gasteiger partial charge in [-0.15, -0.1) is 0 Å². The van der Waals surface area contributed by atoms with Crippen molar-refractivity contribution in [1.29, 1.82) is 0 Å². The predicted octanol–water partition coefficient (Wildman–Crippen LogP) is 0.340. The summed E-state index contributed by atoms with van der Waals surface area (Å²) in [7, 11) is -2.06. The van der Waals surface area contributed by atoms with E-state index in [0.29, 0.717) is 25.9 Å². The van der Waals surface area contributed by atoms with Crippen molar-refractivity contribution in [3.8, 4) is 0 Å². The molecule has 0 unspecified atom stereocenters. The molecule has 1 aliphatic rings. The van der Waals surface area contributed by atoms with E-state index in [4.69, 9.17) is 9.84 Å². The lowest BCUT2D eigenvalue weighted by atomic mass is 10.0. The van der Waals surface area contributed by atoms with Crippen molar-refractivity contribution in [3.63, 3.8) is 0 Å². The lowest BCUT2D eigenvalue weighted by Gasteiger charge is -2.24. The maximum absolute atomic E-state index is 11.7. The quantitative estimate of drug-likeness (QED) is 0.647. The summed E-state index contributed by atoms with van der Waals surface area (Å²) in [5, 5.41) is 9.15. The van der Waals surface area contributed by atoms with Gasteiger partial charge in [-0.3, -0.25) is 4.79 Å². The fourth-order valence-corrected chi connectivity index (χ4v) is 3.57. The number of hydrogen-bond acceptors (Lipinski definition) is 4. The first-order chi connectivity index (χ1) is 7.92. The van der Waals surface area contributed by atoms with Crippen LogP contribution in [0.5, 0.6) is 0 Å². The summed E-state index contributed by atoms with van der Waals surface area (Å²) in [6.07, 6.45) is 2.58. The maximum Gasteiger partial charge on any atom is 0.324 e. The van der Waals surface area contributed by atoms with Crippen LogP contribution in [0.4, 0.5) is 0 Å². The molecule has 0 aromatic rings. The van der Waals surface area contributed by atoms with Crippen LogP contribution in [0, 0.1) is 0 Å². The number of sulfonamides is 1. The number of ether oxygens (including phenoxy) is 1. The second-order valence-corrected chi connectivity index (χ2v) is 6.20. The predicted molar refractivity (Wildman–Crippen MR) is 62.3 cm³/mol. The van der Waals surface area contributed by atoms with Crippen LogP contribution in [0.25, 0.3) is 0 Å². The molecule has 6 nitrogen and oxygen atoms in total. The van der Waals surface area contributed by atoms with Gasteiger partial charge in [0.1, 0.15) is 5.54 Å². The van der Waals surface area contributed by atoms with Gasteiger partial charge in [-0.2, -0.15) is 4.72 Å². The van der Waals surface area contributed by atoms with Crippen molar-refractivity contribution in [2.45, 2.75) is 37.6 Å². The molecule has 0 heterocycles. The Labute approximate surface area is 101 Å². The van der Waals surface area contributed by atoms with Gasteiger partial charge < -0.3 is 9.84 Å². The van der Waals surface area contributed by atoms with Gasteiger partial charge in [0, 0.05) is 13.7 Å². The number of carbonyl (C=O) groups is 1. The van der Waals surface area contributed by atoms with E-state index in [0.717, 1.165) is 12.8 Å². The minimum absolute atomic E-state index is 0.101. The number of rotatable bonds is 7. The standard InChI is InChI=1S/C10H19NO5S/c1-16-7-4-8-17(14,15)11-10(9(12)13)5-2-3-6-10/h11H,2-8H2,1H3,(H,12,13). The van der Waals surface area contributed by atoms with E-state index in [-0.39, 0.29) is 5.75 Å². The van der Waals surface area contributed by atoms with Gasteiger partial charge in [-0.25, -0.2) is 8.42 Å². The maximum atomic E-state index is 11.7. The second kappa shape index (κ2) is 5.79. The Bertz CT molecular complexity index is 359. The summed E-state index contributed by atoms with van der Waals surface area (Å²) in [6.45, 7) is 0.348. The van der Waals surface area contributed by atoms with Crippen LogP contribution < -0.4 is 4.72 Å². The van der Waals surface area contributed by atoms with Gasteiger partial charge in [-0.05, 0) is 19.3 Å². The Balaban J connectivity index is 2.64. The van der Waals surface area contributed by atoms with Crippen LogP contribution in [-0.4, -0.2) is 44.5 Å². The molecule has 0 bridgehead atoms. The van der Waals surface area contributed by atoms with Crippen molar-refractivity contribution in [3.05, 3.63) is 0 Å². The molecule has 1 aliphatic carbocycles. The third kappa shape index (κ3) is 3.93. The topological polar surface area (TPSA) is 92.7 Å². The zero-order valence-electron chi connectivity index (χ0n) is 9.94. The molecule has 17 heavy (non-hydrogen) atoms. The largest absolute Gasteiger partial charge is 0.480 e. The molecule has 0 atom stereocenters. The van der Waals surface area contributed by atoms with Gasteiger partial charge >= 0.3 is 5.97 Å². The Morgan fingerprint density at radius 2 is 2.00 bits per heavy atom. The molecule has 0 saturated heterocycles. The average Bonchev–Trinajstić information content (AvgIpc) is 2.67. The highest BCUT2D eigenvalue weighted by Crippen LogP contribution is 2.30. The first kappa shape index (κ1) is 14.4. The van der Waals surface area contributed by atoms with Crippen LogP contribution in [0.2, 0.25) is 0 Å². The molecule has 0 aromatic carbocycles. The van der Waals surface area contributed by atoms with E-state index in [1.165, 1.54) is 7.11 Å². The highest BCUT2D eigenvalue weighted by Gasteiger charge is 2.44. The Hall–Kier alpha value is -0.660. The molecule has 100 valence electrons. The summed E-state index contributed by atoms with van der Waals surface area (Å²) in [4.78, 5) is 11.2. The van der Waals surface area contributed by atoms with Gasteiger partial charge in [0.15, 0.2) is 0 Å². The number of aliphatic carboxylic acids is 1. The fourth-order valence-electron chi connectivity index (χ4n) is 2.08. The minimum atomic E-state index is -3.55. The molecule has 0 aliphatic heterocycles. The van der Waals surface area contributed by atoms with E-state index in [2.05, 4.69) is 4.72 Å². The summed E-state index contributed by atoms with van der Waals surface area (Å²) in [5.74, 6) is -1.18. The molecule has 2 N–H and O–H groups in total. The first-order valence-corrected chi connectivity index (χ1v) is 7.31. The smallest absolute Gasteiger partial charge is 0.324 e. The highest BCUT2D eigenvalue weighted by molar-refractivity contribution is 7.89. The zero-order valence-corrected chi connectivity index (χ0v) is 10.8. The molecule has 1 rings (SSSR count). The monoisotopic (exact) mass is 265 g/mol. The average molecular weight is 265 g/mol. The molecule has 1 fully saturated rings. The van der Waals surface area contributed by atoms with Crippen molar-refractivity contribution < 1.29 is 23.1 Å². The van der Waals surface area contributed by atoms with E-state index in [1.54, 1.807) is 0 Å². The molecular weight excluding hydrogens is 246 g/mol. The van der Waals surface area contributed by atoms with Gasteiger partial charge in [0.05, 0.1) is 5.75 Å². The molecule has 0 amide bonds. The summed E-state index contributed by atoms with van der Waals surface area (Å²) < 4.78 is 30.6. The van der Waals surface area contributed by atoms with Crippen LogP contribution in [0.15, 0.2) is 0 Å². The minimum Gasteiger partial charge on any atom is -0.480 e. The molecule has 1 saturated carbocycles. The number of methoxy groups -OCH3 is 1. The summed E-state index contributed by atoms with van der Waals surface area (Å²) in [5.41, 5.74) is -1.29. The molecule has 0 aromatic heterocycles. The third-order valence-corrected chi connectivity index (χ3v) is 4.51. The highest BCUT2D eigenvalue weighted by atomic mass is 32.2. The van der Waals surface area contributed by atoms with Crippen LogP contribution in [-0.2, 0) is 19.6 Å². The van der Waals surface area contributed by atoms with Crippen molar-refractivity contribution in [1.82, 2.24) is 4.72 Å². The van der Waals surface area contributed by atoms with E-state index in [9.17, 15) is 13.2 Å². The SMILES string of the molecule is COCCCS(=O)(=O)NC1(C(=O)O)CCCC1. The number of nitrogens with one attached hydrogen (secondary N) is 1. The van der Waals surface area contributed by atoms with Gasteiger partial charge in [0.25, 0.3) is 0 Å². The lowest BCUT2D eigenvalue weighted by Crippen LogP contribution is -2.53. The summed E-state index contributed by atoms with van der Waals surface area (Å²) >= 11 is 0. The van der Waals surface area contributed by atoms with Crippen LogP contribution in [0.3, 0.4) is 0 Å². The van der Waals surface area contributed by atoms with E-state index >= 15 is 0 Å². The van der Waals surface area contributed by atoms with E-state index in [1.807, 2.05) is 0 Å². The van der Waals surface area contributed by atoms with Crippen molar-refractivity contribution >= 4 is 16.0 Å². The molecule has 0 radical (unpaired) electrons. The fraction of sp³-hybridized carbons (Fsp3) is 0.900. The summed E-state index contributed by atoms with van der Waals surface area (Å²) in [6, 6.07) is 0. The normalized spacial score (nSPS) is 19.4. The Morgan fingerprint density at radius 3 is 2.47 bits per heavy atom. The van der Waals surface area contributed by atoms with Gasteiger partial charge in [0.2, 0.25) is 10.0 Å².